The van der Waals surface area contributed by atoms with Crippen molar-refractivity contribution in [1.29, 1.82) is 0 Å². The maximum absolute atomic E-state index is 13.5. The van der Waals surface area contributed by atoms with Crippen LogP contribution in [0.4, 0.5) is 0 Å². The van der Waals surface area contributed by atoms with Crippen molar-refractivity contribution in [2.24, 2.45) is 0 Å². The Labute approximate surface area is 200 Å². The molecule has 0 radical (unpaired) electrons. The number of aromatic nitrogens is 3. The van der Waals surface area contributed by atoms with Gasteiger partial charge in [0.2, 0.25) is 0 Å². The van der Waals surface area contributed by atoms with Gasteiger partial charge in [0.25, 0.3) is 5.91 Å². The van der Waals surface area contributed by atoms with E-state index >= 15 is 0 Å². The summed E-state index contributed by atoms with van der Waals surface area (Å²) in [6, 6.07) is 9.56. The number of piperidine rings is 1. The zero-order valence-corrected chi connectivity index (χ0v) is 20.3. The maximum Gasteiger partial charge on any atom is 0.254 e. The van der Waals surface area contributed by atoms with Gasteiger partial charge >= 0.3 is 0 Å². The number of likely N-dealkylation sites (tertiary alicyclic amines) is 1. The maximum atomic E-state index is 13.5. The van der Waals surface area contributed by atoms with E-state index in [1.165, 1.54) is 24.6 Å². The average Bonchev–Trinajstić information content (AvgIpc) is 3.49. The molecule has 178 valence electrons. The van der Waals surface area contributed by atoms with E-state index in [-0.39, 0.29) is 17.7 Å². The predicted molar refractivity (Wildman–Crippen MR) is 131 cm³/mol. The smallest absolute Gasteiger partial charge is 0.254 e. The van der Waals surface area contributed by atoms with Gasteiger partial charge in [0.15, 0.2) is 11.4 Å². The molecule has 2 aromatic heterocycles. The number of ketones is 1. The third-order valence-corrected chi connectivity index (χ3v) is 7.54. The SMILES string of the molecule is CNC1CCC(c2nc3cc(C4CCCCN4C(=O)c4cccc(C(C)=O)c4)nn3cc2C)C1. The largest absolute Gasteiger partial charge is 0.330 e. The predicted octanol–water partition coefficient (Wildman–Crippen LogP) is 4.46. The second-order valence-corrected chi connectivity index (χ2v) is 9.82. The van der Waals surface area contributed by atoms with Gasteiger partial charge in [-0.05, 0) is 77.1 Å². The number of carbonyl (C=O) groups excluding carboxylic acids is 2. The first-order chi connectivity index (χ1) is 16.4. The molecule has 1 aliphatic carbocycles. The molecular weight excluding hydrogens is 426 g/mol. The van der Waals surface area contributed by atoms with E-state index in [0.29, 0.717) is 29.6 Å². The van der Waals surface area contributed by atoms with Crippen LogP contribution in [0.5, 0.6) is 0 Å². The highest BCUT2D eigenvalue weighted by molar-refractivity contribution is 5.99. The van der Waals surface area contributed by atoms with Crippen molar-refractivity contribution in [2.45, 2.75) is 70.4 Å². The molecule has 1 aromatic carbocycles. The Morgan fingerprint density at radius 3 is 2.68 bits per heavy atom. The van der Waals surface area contributed by atoms with Crippen LogP contribution in [0.3, 0.4) is 0 Å². The zero-order valence-electron chi connectivity index (χ0n) is 20.3. The van der Waals surface area contributed by atoms with Crippen LogP contribution in [-0.2, 0) is 0 Å². The molecule has 1 N–H and O–H groups in total. The molecule has 34 heavy (non-hydrogen) atoms. The van der Waals surface area contributed by atoms with Crippen molar-refractivity contribution in [3.05, 3.63) is 64.6 Å². The number of Topliss-reactive ketones (excluding diaryl/α,β-unsaturated/α-hetero) is 1. The van der Waals surface area contributed by atoms with E-state index < -0.39 is 0 Å². The summed E-state index contributed by atoms with van der Waals surface area (Å²) >= 11 is 0. The Bertz CT molecular complexity index is 1230. The van der Waals surface area contributed by atoms with Gasteiger partial charge < -0.3 is 10.2 Å². The summed E-state index contributed by atoms with van der Waals surface area (Å²) in [4.78, 5) is 32.2. The molecule has 1 saturated carbocycles. The van der Waals surface area contributed by atoms with Crippen molar-refractivity contribution in [3.63, 3.8) is 0 Å². The Balaban J connectivity index is 1.45. The molecule has 7 heteroatoms. The summed E-state index contributed by atoms with van der Waals surface area (Å²) in [5.41, 5.74) is 5.20. The molecular formula is C27H33N5O2. The van der Waals surface area contributed by atoms with Gasteiger partial charge in [-0.25, -0.2) is 9.50 Å². The Hall–Kier alpha value is -3.06. The molecule has 1 aliphatic heterocycles. The molecule has 0 bridgehead atoms. The van der Waals surface area contributed by atoms with Gasteiger partial charge in [0, 0.05) is 41.9 Å². The topological polar surface area (TPSA) is 79.6 Å². The number of benzene rings is 1. The van der Waals surface area contributed by atoms with Gasteiger partial charge in [0.1, 0.15) is 0 Å². The standard InChI is InChI=1S/C27H33N5O2/c1-17-16-32-25(29-26(17)20-10-11-22(14-20)28-3)15-23(30-32)24-9-4-5-12-31(24)27(34)21-8-6-7-19(13-21)18(2)33/h6-8,13,15-16,20,22,24,28H,4-5,9-12,14H2,1-3H3. The fraction of sp³-hybridized carbons (Fsp3) is 0.481. The summed E-state index contributed by atoms with van der Waals surface area (Å²) in [5, 5.41) is 8.27. The summed E-state index contributed by atoms with van der Waals surface area (Å²) in [7, 11) is 2.04. The van der Waals surface area contributed by atoms with Gasteiger partial charge in [-0.1, -0.05) is 12.1 Å². The molecule has 0 spiro atoms. The Morgan fingerprint density at radius 1 is 1.09 bits per heavy atom. The van der Waals surface area contributed by atoms with Crippen molar-refractivity contribution >= 4 is 17.3 Å². The van der Waals surface area contributed by atoms with E-state index in [2.05, 4.69) is 24.5 Å². The van der Waals surface area contributed by atoms with Crippen LogP contribution in [0.2, 0.25) is 0 Å². The lowest BCUT2D eigenvalue weighted by Gasteiger charge is -2.34. The first kappa shape index (κ1) is 22.7. The van der Waals surface area contributed by atoms with Gasteiger partial charge in [0.05, 0.1) is 17.4 Å². The van der Waals surface area contributed by atoms with Gasteiger partial charge in [-0.3, -0.25) is 9.59 Å². The van der Waals surface area contributed by atoms with Crippen LogP contribution in [0, 0.1) is 6.92 Å². The van der Waals surface area contributed by atoms with Crippen LogP contribution in [0.1, 0.15) is 95.1 Å². The van der Waals surface area contributed by atoms with E-state index in [1.54, 1.807) is 24.3 Å². The van der Waals surface area contributed by atoms with Crippen molar-refractivity contribution < 1.29 is 9.59 Å². The molecule has 3 atom stereocenters. The van der Waals surface area contributed by atoms with Crippen molar-refractivity contribution in [2.75, 3.05) is 13.6 Å². The molecule has 7 nitrogen and oxygen atoms in total. The molecule has 1 saturated heterocycles. The van der Waals surface area contributed by atoms with E-state index in [1.807, 2.05) is 16.5 Å². The van der Waals surface area contributed by atoms with Gasteiger partial charge in [-0.2, -0.15) is 5.10 Å². The average molecular weight is 460 g/mol. The third kappa shape index (κ3) is 4.25. The molecule has 3 unspecified atom stereocenters. The van der Waals surface area contributed by atoms with Crippen molar-refractivity contribution in [1.82, 2.24) is 24.8 Å². The van der Waals surface area contributed by atoms with Crippen LogP contribution in [0.15, 0.2) is 36.5 Å². The molecule has 3 aromatic rings. The quantitative estimate of drug-likeness (QED) is 0.570. The lowest BCUT2D eigenvalue weighted by Crippen LogP contribution is -2.38. The molecule has 1 amide bonds. The summed E-state index contributed by atoms with van der Waals surface area (Å²) in [6.45, 7) is 4.33. The highest BCUT2D eigenvalue weighted by Crippen LogP contribution is 2.36. The minimum atomic E-state index is -0.0900. The molecule has 3 heterocycles. The highest BCUT2D eigenvalue weighted by Gasteiger charge is 2.32. The number of rotatable bonds is 5. The number of aryl methyl sites for hydroxylation is 1. The van der Waals surface area contributed by atoms with Crippen molar-refractivity contribution in [3.8, 4) is 0 Å². The fourth-order valence-corrected chi connectivity index (χ4v) is 5.63. The van der Waals surface area contributed by atoms with Crippen LogP contribution >= 0.6 is 0 Å². The normalized spacial score (nSPS) is 22.9. The number of amides is 1. The highest BCUT2D eigenvalue weighted by atomic mass is 16.2. The summed E-state index contributed by atoms with van der Waals surface area (Å²) in [6.07, 6.45) is 8.44. The summed E-state index contributed by atoms with van der Waals surface area (Å²) < 4.78 is 1.87. The minimum Gasteiger partial charge on any atom is -0.330 e. The number of hydrogen-bond acceptors (Lipinski definition) is 5. The number of fused-ring (bicyclic) bond motifs is 1. The minimum absolute atomic E-state index is 0.0363. The number of carbonyl (C=O) groups is 2. The molecule has 5 rings (SSSR count). The van der Waals surface area contributed by atoms with E-state index in [0.717, 1.165) is 43.4 Å². The number of nitrogens with one attached hydrogen (secondary N) is 1. The first-order valence-electron chi connectivity index (χ1n) is 12.4. The lowest BCUT2D eigenvalue weighted by molar-refractivity contribution is 0.0605. The Kier molecular flexibility index (Phi) is 6.21. The Morgan fingerprint density at radius 2 is 1.91 bits per heavy atom. The van der Waals surface area contributed by atoms with Gasteiger partial charge in [-0.15, -0.1) is 0 Å². The third-order valence-electron chi connectivity index (χ3n) is 7.54. The molecule has 2 fully saturated rings. The number of hydrogen-bond donors (Lipinski definition) is 1. The monoisotopic (exact) mass is 459 g/mol. The fourth-order valence-electron chi connectivity index (χ4n) is 5.63. The zero-order chi connectivity index (χ0) is 23.8. The lowest BCUT2D eigenvalue weighted by atomic mass is 9.97. The molecule has 2 aliphatic rings. The number of nitrogens with zero attached hydrogens (tertiary/aromatic N) is 4. The second kappa shape index (κ2) is 9.29. The van der Waals surface area contributed by atoms with Crippen LogP contribution < -0.4 is 5.32 Å². The van der Waals surface area contributed by atoms with Crippen LogP contribution in [0.25, 0.3) is 5.65 Å². The van der Waals surface area contributed by atoms with Crippen LogP contribution in [-0.4, -0.2) is 50.8 Å². The summed E-state index contributed by atoms with van der Waals surface area (Å²) in [5.74, 6) is 0.395. The van der Waals surface area contributed by atoms with E-state index in [4.69, 9.17) is 10.1 Å². The first-order valence-corrected chi connectivity index (χ1v) is 12.4. The second-order valence-electron chi connectivity index (χ2n) is 9.82. The van der Waals surface area contributed by atoms with E-state index in [9.17, 15) is 9.59 Å².